The number of carbonyl (C=O) groups excluding carboxylic acids is 1. The summed E-state index contributed by atoms with van der Waals surface area (Å²) in [7, 11) is 0. The van der Waals surface area contributed by atoms with Gasteiger partial charge < -0.3 is 4.74 Å². The molecule has 0 spiro atoms. The molecule has 2 aromatic carbocycles. The Morgan fingerprint density at radius 3 is 2.44 bits per heavy atom. The molecule has 0 aliphatic heterocycles. The molecule has 0 atom stereocenters. The lowest BCUT2D eigenvalue weighted by molar-refractivity contribution is -0.131. The summed E-state index contributed by atoms with van der Waals surface area (Å²) in [6, 6.07) is 11.4. The Labute approximate surface area is 93.8 Å². The minimum atomic E-state index is -0.369. The normalized spacial score (nSPS) is 9.75. The largest absolute Gasteiger partial charge is 0.425 e. The van der Waals surface area contributed by atoms with Crippen molar-refractivity contribution in [3.8, 4) is 18.1 Å². The zero-order valence-corrected chi connectivity index (χ0v) is 8.86. The fourth-order valence-electron chi connectivity index (χ4n) is 1.57. The van der Waals surface area contributed by atoms with Gasteiger partial charge in [-0.25, -0.2) is 0 Å². The van der Waals surface area contributed by atoms with Crippen molar-refractivity contribution in [1.82, 2.24) is 0 Å². The smallest absolute Gasteiger partial charge is 0.308 e. The Kier molecular flexibility index (Phi) is 2.61. The van der Waals surface area contributed by atoms with Crippen LogP contribution in [0, 0.1) is 12.3 Å². The van der Waals surface area contributed by atoms with E-state index < -0.39 is 0 Å². The molecule has 0 unspecified atom stereocenters. The van der Waals surface area contributed by atoms with Gasteiger partial charge in [0.05, 0.1) is 5.56 Å². The Morgan fingerprint density at radius 1 is 1.25 bits per heavy atom. The summed E-state index contributed by atoms with van der Waals surface area (Å²) in [5.74, 6) is 2.59. The molecule has 0 bridgehead atoms. The van der Waals surface area contributed by atoms with E-state index >= 15 is 0 Å². The van der Waals surface area contributed by atoms with Crippen LogP contribution in [-0.4, -0.2) is 5.97 Å². The lowest BCUT2D eigenvalue weighted by Gasteiger charge is -2.06. The third-order valence-electron chi connectivity index (χ3n) is 2.26. The SMILES string of the molecule is C#Cc1cc2ccccc2cc1OC(C)=O. The number of rotatable bonds is 1. The molecule has 0 aliphatic rings. The Bertz CT molecular complexity index is 591. The predicted octanol–water partition coefficient (Wildman–Crippen LogP) is 2.75. The van der Waals surface area contributed by atoms with Gasteiger partial charge >= 0.3 is 5.97 Å². The summed E-state index contributed by atoms with van der Waals surface area (Å²) in [5.41, 5.74) is 0.592. The fraction of sp³-hybridized carbons (Fsp3) is 0.0714. The number of hydrogen-bond donors (Lipinski definition) is 0. The molecule has 78 valence electrons. The first-order valence-electron chi connectivity index (χ1n) is 4.88. The van der Waals surface area contributed by atoms with Gasteiger partial charge in [-0.3, -0.25) is 4.79 Å². The highest BCUT2D eigenvalue weighted by atomic mass is 16.5. The van der Waals surface area contributed by atoms with Gasteiger partial charge in [0.1, 0.15) is 5.75 Å². The predicted molar refractivity (Wildman–Crippen MR) is 63.2 cm³/mol. The van der Waals surface area contributed by atoms with Crippen molar-refractivity contribution in [3.63, 3.8) is 0 Å². The third kappa shape index (κ3) is 1.89. The Hall–Kier alpha value is -2.27. The average molecular weight is 210 g/mol. The highest BCUT2D eigenvalue weighted by Gasteiger charge is 2.06. The highest BCUT2D eigenvalue weighted by molar-refractivity contribution is 5.87. The molecule has 0 N–H and O–H groups in total. The minimum Gasteiger partial charge on any atom is -0.425 e. The Morgan fingerprint density at radius 2 is 1.88 bits per heavy atom. The number of terminal acetylenes is 1. The maximum atomic E-state index is 10.9. The van der Waals surface area contributed by atoms with Gasteiger partial charge in [-0.2, -0.15) is 0 Å². The monoisotopic (exact) mass is 210 g/mol. The first kappa shape index (κ1) is 10.3. The molecule has 2 heteroatoms. The van der Waals surface area contributed by atoms with Crippen molar-refractivity contribution in [2.24, 2.45) is 0 Å². The summed E-state index contributed by atoms with van der Waals surface area (Å²) in [6.45, 7) is 1.36. The van der Waals surface area contributed by atoms with Crippen LogP contribution in [0.2, 0.25) is 0 Å². The van der Waals surface area contributed by atoms with Crippen LogP contribution in [-0.2, 0) is 4.79 Å². The topological polar surface area (TPSA) is 26.3 Å². The van der Waals surface area contributed by atoms with Gasteiger partial charge in [0.15, 0.2) is 0 Å². The van der Waals surface area contributed by atoms with Crippen LogP contribution in [0.5, 0.6) is 5.75 Å². The van der Waals surface area contributed by atoms with Gasteiger partial charge in [0.2, 0.25) is 0 Å². The van der Waals surface area contributed by atoms with Gasteiger partial charge in [0.25, 0.3) is 0 Å². The number of carbonyl (C=O) groups is 1. The van der Waals surface area contributed by atoms with E-state index in [9.17, 15) is 4.79 Å². The van der Waals surface area contributed by atoms with Crippen LogP contribution >= 0.6 is 0 Å². The molecular weight excluding hydrogens is 200 g/mol. The first-order valence-corrected chi connectivity index (χ1v) is 4.88. The number of ether oxygens (including phenoxy) is 1. The van der Waals surface area contributed by atoms with Gasteiger partial charge in [-0.05, 0) is 22.9 Å². The zero-order chi connectivity index (χ0) is 11.5. The summed E-state index contributed by atoms with van der Waals surface area (Å²) in [4.78, 5) is 10.9. The van der Waals surface area contributed by atoms with E-state index in [0.29, 0.717) is 11.3 Å². The van der Waals surface area contributed by atoms with Crippen LogP contribution in [0.1, 0.15) is 12.5 Å². The summed E-state index contributed by atoms with van der Waals surface area (Å²) >= 11 is 0. The molecule has 0 aromatic heterocycles. The maximum Gasteiger partial charge on any atom is 0.308 e. The number of benzene rings is 2. The van der Waals surface area contributed by atoms with E-state index in [0.717, 1.165) is 10.8 Å². The first-order chi connectivity index (χ1) is 7.70. The van der Waals surface area contributed by atoms with Gasteiger partial charge in [0, 0.05) is 6.92 Å². The Balaban J connectivity index is 2.64. The molecule has 0 saturated heterocycles. The summed E-state index contributed by atoms with van der Waals surface area (Å²) in [6.07, 6.45) is 5.38. The molecule has 0 amide bonds. The quantitative estimate of drug-likeness (QED) is 0.411. The van der Waals surface area contributed by atoms with Crippen molar-refractivity contribution in [2.45, 2.75) is 6.92 Å². The van der Waals surface area contributed by atoms with Gasteiger partial charge in [-0.15, -0.1) is 6.42 Å². The zero-order valence-electron chi connectivity index (χ0n) is 8.86. The number of fused-ring (bicyclic) bond motifs is 1. The van der Waals surface area contributed by atoms with Crippen molar-refractivity contribution in [1.29, 1.82) is 0 Å². The second-order valence-corrected chi connectivity index (χ2v) is 3.43. The third-order valence-corrected chi connectivity index (χ3v) is 2.26. The van der Waals surface area contributed by atoms with E-state index in [1.165, 1.54) is 6.92 Å². The van der Waals surface area contributed by atoms with Crippen LogP contribution in [0.25, 0.3) is 10.8 Å². The maximum absolute atomic E-state index is 10.9. The number of hydrogen-bond acceptors (Lipinski definition) is 2. The molecule has 2 aromatic rings. The summed E-state index contributed by atoms with van der Waals surface area (Å²) in [5, 5.41) is 2.03. The summed E-state index contributed by atoms with van der Waals surface area (Å²) < 4.78 is 5.06. The van der Waals surface area contributed by atoms with Crippen LogP contribution < -0.4 is 4.74 Å². The lowest BCUT2D eigenvalue weighted by Crippen LogP contribution is -2.02. The molecule has 2 rings (SSSR count). The average Bonchev–Trinajstić information content (AvgIpc) is 2.27. The minimum absolute atomic E-state index is 0.369. The van der Waals surface area contributed by atoms with Crippen LogP contribution in [0.4, 0.5) is 0 Å². The van der Waals surface area contributed by atoms with Crippen molar-refractivity contribution >= 4 is 16.7 Å². The van der Waals surface area contributed by atoms with E-state index in [4.69, 9.17) is 11.2 Å². The molecule has 0 radical (unpaired) electrons. The van der Waals surface area contributed by atoms with Crippen LogP contribution in [0.15, 0.2) is 36.4 Å². The van der Waals surface area contributed by atoms with E-state index in [-0.39, 0.29) is 5.97 Å². The highest BCUT2D eigenvalue weighted by Crippen LogP contribution is 2.25. The lowest BCUT2D eigenvalue weighted by atomic mass is 10.1. The molecule has 2 nitrogen and oxygen atoms in total. The van der Waals surface area contributed by atoms with Crippen molar-refractivity contribution in [3.05, 3.63) is 42.0 Å². The number of esters is 1. The standard InChI is InChI=1S/C14H10O2/c1-3-11-8-12-6-4-5-7-13(12)9-14(11)16-10(2)15/h1,4-9H,2H3. The molecule has 0 aliphatic carbocycles. The fourth-order valence-corrected chi connectivity index (χ4v) is 1.57. The second-order valence-electron chi connectivity index (χ2n) is 3.43. The van der Waals surface area contributed by atoms with E-state index in [2.05, 4.69) is 5.92 Å². The van der Waals surface area contributed by atoms with E-state index in [1.807, 2.05) is 30.3 Å². The molecule has 16 heavy (non-hydrogen) atoms. The van der Waals surface area contributed by atoms with E-state index in [1.54, 1.807) is 6.07 Å². The molecule has 0 saturated carbocycles. The van der Waals surface area contributed by atoms with Crippen LogP contribution in [0.3, 0.4) is 0 Å². The second kappa shape index (κ2) is 4.08. The molecule has 0 heterocycles. The van der Waals surface area contributed by atoms with Gasteiger partial charge in [-0.1, -0.05) is 30.2 Å². The molecular formula is C14H10O2. The van der Waals surface area contributed by atoms with Crippen molar-refractivity contribution in [2.75, 3.05) is 0 Å². The van der Waals surface area contributed by atoms with Crippen molar-refractivity contribution < 1.29 is 9.53 Å². The molecule has 0 fully saturated rings.